The zero-order valence-corrected chi connectivity index (χ0v) is 14.2. The highest BCUT2D eigenvalue weighted by atomic mass is 35.5. The van der Waals surface area contributed by atoms with Crippen LogP contribution in [0.2, 0.25) is 10.0 Å². The molecule has 0 saturated carbocycles. The summed E-state index contributed by atoms with van der Waals surface area (Å²) in [6.07, 6.45) is 0. The highest BCUT2D eigenvalue weighted by Gasteiger charge is 2.35. The number of hydrogen-bond acceptors (Lipinski definition) is 5. The first-order valence-corrected chi connectivity index (χ1v) is 8.83. The van der Waals surface area contributed by atoms with Gasteiger partial charge in [0, 0.05) is 5.02 Å². The lowest BCUT2D eigenvalue weighted by atomic mass is 10.3. The number of para-hydroxylation sites is 1. The van der Waals surface area contributed by atoms with E-state index in [2.05, 4.69) is 10.6 Å². The van der Waals surface area contributed by atoms with Gasteiger partial charge in [0.2, 0.25) is 9.84 Å². The molecule has 1 aliphatic heterocycles. The molecule has 0 atom stereocenters. The summed E-state index contributed by atoms with van der Waals surface area (Å²) in [5.41, 5.74) is 0.268. The maximum atomic E-state index is 12.6. The van der Waals surface area contributed by atoms with Gasteiger partial charge in [-0.2, -0.15) is 0 Å². The van der Waals surface area contributed by atoms with Gasteiger partial charge in [0.1, 0.15) is 4.91 Å². The summed E-state index contributed by atoms with van der Waals surface area (Å²) in [6.45, 7) is 0. The molecule has 0 saturated heterocycles. The molecule has 1 amide bonds. The van der Waals surface area contributed by atoms with E-state index in [-0.39, 0.29) is 21.3 Å². The minimum absolute atomic E-state index is 0.116. The molecule has 0 unspecified atom stereocenters. The maximum absolute atomic E-state index is 12.6. The number of amides is 1. The third-order valence-corrected chi connectivity index (χ3v) is 5.68. The molecule has 1 heterocycles. The van der Waals surface area contributed by atoms with Gasteiger partial charge in [-0.3, -0.25) is 4.79 Å². The molecule has 1 aliphatic rings. The van der Waals surface area contributed by atoms with Crippen LogP contribution in [0.4, 0.5) is 11.4 Å². The van der Waals surface area contributed by atoms with Crippen LogP contribution in [0.1, 0.15) is 0 Å². The highest BCUT2D eigenvalue weighted by molar-refractivity contribution is 7.96. The van der Waals surface area contributed by atoms with Crippen molar-refractivity contribution in [2.45, 2.75) is 4.90 Å². The average molecular weight is 384 g/mol. The number of carbonyl (C=O) groups is 1. The fourth-order valence-electron chi connectivity index (χ4n) is 2.21. The van der Waals surface area contributed by atoms with Gasteiger partial charge in [0.15, 0.2) is 0 Å². The largest absolute Gasteiger partial charge is 0.859 e. The standard InChI is InChI=1S/C15H10Cl2N2O4S/c16-8-5-6-10(9(17)7-8)18-14(20)13-15(21)19-11-3-1-2-4-12(11)24(13,22)23/h1-7,18,20H,(H,19,21)/p-1/b14-13+. The van der Waals surface area contributed by atoms with E-state index in [1.165, 1.54) is 36.4 Å². The van der Waals surface area contributed by atoms with Crippen molar-refractivity contribution in [2.24, 2.45) is 0 Å². The molecule has 2 aromatic rings. The topological polar surface area (TPSA) is 98.3 Å². The summed E-state index contributed by atoms with van der Waals surface area (Å²) in [7, 11) is -4.25. The summed E-state index contributed by atoms with van der Waals surface area (Å²) in [5, 5.41) is 17.5. The molecule has 0 bridgehead atoms. The van der Waals surface area contributed by atoms with Crippen molar-refractivity contribution in [3.8, 4) is 0 Å². The summed E-state index contributed by atoms with van der Waals surface area (Å²) in [4.78, 5) is 11.1. The summed E-state index contributed by atoms with van der Waals surface area (Å²) < 4.78 is 25.1. The minimum Gasteiger partial charge on any atom is -0.859 e. The van der Waals surface area contributed by atoms with Crippen molar-refractivity contribution in [1.29, 1.82) is 0 Å². The molecular weight excluding hydrogens is 375 g/mol. The lowest BCUT2D eigenvalue weighted by Gasteiger charge is -2.25. The molecule has 0 spiro atoms. The van der Waals surface area contributed by atoms with E-state index in [1.54, 1.807) is 6.07 Å². The van der Waals surface area contributed by atoms with Gasteiger partial charge in [-0.05, 0) is 36.2 Å². The van der Waals surface area contributed by atoms with Gasteiger partial charge < -0.3 is 15.7 Å². The molecular formula is C15H9Cl2N2O4S-. The molecule has 6 nitrogen and oxygen atoms in total. The van der Waals surface area contributed by atoms with E-state index < -0.39 is 26.5 Å². The SMILES string of the molecule is O=C1Nc2ccccc2S(=O)(=O)/C1=C(/[O-])Nc1ccc(Cl)cc1Cl. The summed E-state index contributed by atoms with van der Waals surface area (Å²) >= 11 is 11.7. The number of halogens is 2. The van der Waals surface area contributed by atoms with Gasteiger partial charge in [-0.15, -0.1) is 0 Å². The Kier molecular flexibility index (Phi) is 4.16. The summed E-state index contributed by atoms with van der Waals surface area (Å²) in [5.74, 6) is -2.08. The van der Waals surface area contributed by atoms with Crippen LogP contribution in [0.25, 0.3) is 0 Å². The molecule has 0 fully saturated rings. The Balaban J connectivity index is 2.10. The van der Waals surface area contributed by atoms with Crippen molar-refractivity contribution in [1.82, 2.24) is 0 Å². The van der Waals surface area contributed by atoms with Crippen LogP contribution in [0, 0.1) is 0 Å². The second-order valence-corrected chi connectivity index (χ2v) is 7.56. The third-order valence-electron chi connectivity index (χ3n) is 3.29. The van der Waals surface area contributed by atoms with Crippen molar-refractivity contribution >= 4 is 50.3 Å². The van der Waals surface area contributed by atoms with Crippen LogP contribution in [0.15, 0.2) is 58.1 Å². The first-order chi connectivity index (χ1) is 11.3. The van der Waals surface area contributed by atoms with E-state index in [0.717, 1.165) is 0 Å². The molecule has 0 aromatic heterocycles. The number of carbonyl (C=O) groups excluding carboxylic acids is 1. The van der Waals surface area contributed by atoms with E-state index >= 15 is 0 Å². The lowest BCUT2D eigenvalue weighted by Crippen LogP contribution is -2.33. The molecule has 2 aromatic carbocycles. The van der Waals surface area contributed by atoms with Crippen LogP contribution in [0.5, 0.6) is 0 Å². The fraction of sp³-hybridized carbons (Fsp3) is 0. The van der Waals surface area contributed by atoms with Gasteiger partial charge in [0.05, 0.1) is 21.3 Å². The van der Waals surface area contributed by atoms with Crippen molar-refractivity contribution < 1.29 is 18.3 Å². The summed E-state index contributed by atoms with van der Waals surface area (Å²) in [6, 6.07) is 10.1. The van der Waals surface area contributed by atoms with Gasteiger partial charge in [-0.1, -0.05) is 35.3 Å². The third kappa shape index (κ3) is 2.82. The first kappa shape index (κ1) is 16.6. The minimum atomic E-state index is -4.25. The molecule has 0 aliphatic carbocycles. The number of sulfone groups is 1. The van der Waals surface area contributed by atoms with Crippen LogP contribution < -0.4 is 15.7 Å². The number of hydrogen-bond donors (Lipinski definition) is 2. The number of nitrogens with one attached hydrogen (secondary N) is 2. The second-order valence-electron chi connectivity index (χ2n) is 4.86. The zero-order valence-electron chi connectivity index (χ0n) is 11.8. The Bertz CT molecular complexity index is 987. The van der Waals surface area contributed by atoms with Crippen molar-refractivity contribution in [3.05, 3.63) is 63.3 Å². The molecule has 2 N–H and O–H groups in total. The number of rotatable bonds is 2. The van der Waals surface area contributed by atoms with Crippen LogP contribution in [-0.2, 0) is 14.6 Å². The fourth-order valence-corrected chi connectivity index (χ4v) is 4.14. The van der Waals surface area contributed by atoms with Crippen LogP contribution in [0.3, 0.4) is 0 Å². The van der Waals surface area contributed by atoms with Crippen molar-refractivity contribution in [2.75, 3.05) is 10.6 Å². The highest BCUT2D eigenvalue weighted by Crippen LogP contribution is 2.34. The Morgan fingerprint density at radius 2 is 1.83 bits per heavy atom. The van der Waals surface area contributed by atoms with Gasteiger partial charge >= 0.3 is 0 Å². The van der Waals surface area contributed by atoms with E-state index in [1.807, 2.05) is 0 Å². The van der Waals surface area contributed by atoms with E-state index in [4.69, 9.17) is 23.2 Å². The molecule has 124 valence electrons. The second kappa shape index (κ2) is 6.01. The van der Waals surface area contributed by atoms with Crippen LogP contribution >= 0.6 is 23.2 Å². The Labute approximate surface area is 147 Å². The lowest BCUT2D eigenvalue weighted by molar-refractivity contribution is -0.299. The molecule has 3 rings (SSSR count). The zero-order chi connectivity index (χ0) is 17.5. The number of fused-ring (bicyclic) bond motifs is 1. The Morgan fingerprint density at radius 3 is 2.54 bits per heavy atom. The average Bonchev–Trinajstić information content (AvgIpc) is 2.49. The van der Waals surface area contributed by atoms with Gasteiger partial charge in [-0.25, -0.2) is 8.42 Å². The first-order valence-electron chi connectivity index (χ1n) is 6.59. The predicted octanol–water partition coefficient (Wildman–Crippen LogP) is 2.36. The monoisotopic (exact) mass is 383 g/mol. The van der Waals surface area contributed by atoms with E-state index in [9.17, 15) is 18.3 Å². The normalized spacial score (nSPS) is 17.7. The molecule has 0 radical (unpaired) electrons. The quantitative estimate of drug-likeness (QED) is 0.612. The van der Waals surface area contributed by atoms with Crippen molar-refractivity contribution in [3.63, 3.8) is 0 Å². The molecule has 24 heavy (non-hydrogen) atoms. The van der Waals surface area contributed by atoms with Gasteiger partial charge in [0.25, 0.3) is 5.91 Å². The maximum Gasteiger partial charge on any atom is 0.268 e. The Hall–Kier alpha value is -2.22. The predicted molar refractivity (Wildman–Crippen MR) is 89.4 cm³/mol. The van der Waals surface area contributed by atoms with Crippen LogP contribution in [-0.4, -0.2) is 14.3 Å². The smallest absolute Gasteiger partial charge is 0.268 e. The van der Waals surface area contributed by atoms with E-state index in [0.29, 0.717) is 5.02 Å². The number of anilines is 2. The number of benzene rings is 2. The molecule has 9 heteroatoms. The Morgan fingerprint density at radius 1 is 1.12 bits per heavy atom.